The Morgan fingerprint density at radius 2 is 2.12 bits per heavy atom. The van der Waals surface area contributed by atoms with Gasteiger partial charge in [0.25, 0.3) is 0 Å². The molecule has 0 saturated heterocycles. The quantitative estimate of drug-likeness (QED) is 0.842. The second kappa shape index (κ2) is 6.48. The fourth-order valence-corrected chi connectivity index (χ4v) is 2.27. The van der Waals surface area contributed by atoms with Crippen LogP contribution < -0.4 is 5.32 Å². The normalized spacial score (nSPS) is 22.6. The minimum absolute atomic E-state index is 0. The van der Waals surface area contributed by atoms with Crippen LogP contribution in [0, 0.1) is 5.92 Å². The Labute approximate surface area is 109 Å². The molecule has 0 aliphatic heterocycles. The summed E-state index contributed by atoms with van der Waals surface area (Å²) < 4.78 is 0. The lowest BCUT2D eigenvalue weighted by atomic mass is 10.2. The molecule has 1 aliphatic carbocycles. The highest BCUT2D eigenvalue weighted by Gasteiger charge is 2.35. The van der Waals surface area contributed by atoms with E-state index in [1.165, 1.54) is 24.8 Å². The van der Waals surface area contributed by atoms with Crippen molar-refractivity contribution in [1.82, 2.24) is 5.32 Å². The minimum atomic E-state index is 0. The first-order valence-corrected chi connectivity index (χ1v) is 6.16. The van der Waals surface area contributed by atoms with Gasteiger partial charge in [0.05, 0.1) is 0 Å². The van der Waals surface area contributed by atoms with Gasteiger partial charge in [0.15, 0.2) is 0 Å². The first-order chi connectivity index (χ1) is 7.31. The van der Waals surface area contributed by atoms with Gasteiger partial charge in [0, 0.05) is 17.6 Å². The van der Waals surface area contributed by atoms with Crippen LogP contribution in [0.5, 0.6) is 0 Å². The van der Waals surface area contributed by atoms with E-state index in [0.717, 1.165) is 23.5 Å². The second-order valence-corrected chi connectivity index (χ2v) is 4.77. The molecule has 0 heterocycles. The van der Waals surface area contributed by atoms with E-state index in [2.05, 4.69) is 18.3 Å². The van der Waals surface area contributed by atoms with Gasteiger partial charge in [0.2, 0.25) is 0 Å². The third-order valence-electron chi connectivity index (χ3n) is 3.09. The molecule has 0 bridgehead atoms. The highest BCUT2D eigenvalue weighted by molar-refractivity contribution is 6.31. The van der Waals surface area contributed by atoms with Crippen molar-refractivity contribution in [2.45, 2.75) is 38.8 Å². The van der Waals surface area contributed by atoms with Crippen LogP contribution in [0.15, 0.2) is 24.3 Å². The molecule has 1 fully saturated rings. The van der Waals surface area contributed by atoms with Crippen molar-refractivity contribution in [2.24, 2.45) is 5.92 Å². The van der Waals surface area contributed by atoms with Gasteiger partial charge in [0.1, 0.15) is 0 Å². The first-order valence-electron chi connectivity index (χ1n) is 5.78. The Morgan fingerprint density at radius 3 is 2.81 bits per heavy atom. The maximum atomic E-state index is 6.09. The summed E-state index contributed by atoms with van der Waals surface area (Å²) in [6.07, 6.45) is 4.01. The average Bonchev–Trinajstić information content (AvgIpc) is 2.96. The molecular formula is C13H19Cl2N. The fourth-order valence-electron chi connectivity index (χ4n) is 2.07. The van der Waals surface area contributed by atoms with Crippen LogP contribution in [0.4, 0.5) is 0 Å². The molecule has 1 aliphatic rings. The number of halogens is 2. The summed E-state index contributed by atoms with van der Waals surface area (Å²) in [4.78, 5) is 0. The minimum Gasteiger partial charge on any atom is -0.310 e. The number of benzene rings is 1. The molecule has 1 N–H and O–H groups in total. The van der Waals surface area contributed by atoms with Crippen molar-refractivity contribution in [3.8, 4) is 0 Å². The smallest absolute Gasteiger partial charge is 0.0450 e. The molecule has 2 atom stereocenters. The van der Waals surface area contributed by atoms with Gasteiger partial charge in [-0.1, -0.05) is 43.1 Å². The lowest BCUT2D eigenvalue weighted by Crippen LogP contribution is -2.17. The maximum absolute atomic E-state index is 6.09. The van der Waals surface area contributed by atoms with E-state index in [0.29, 0.717) is 0 Å². The Morgan fingerprint density at radius 1 is 1.38 bits per heavy atom. The van der Waals surface area contributed by atoms with Gasteiger partial charge < -0.3 is 5.32 Å². The third kappa shape index (κ3) is 3.65. The molecule has 16 heavy (non-hydrogen) atoms. The summed E-state index contributed by atoms with van der Waals surface area (Å²) in [5.74, 6) is 0.914. The van der Waals surface area contributed by atoms with Gasteiger partial charge in [-0.05, 0) is 30.4 Å². The molecule has 2 rings (SSSR count). The number of nitrogens with one attached hydrogen (secondary N) is 1. The van der Waals surface area contributed by atoms with Crippen molar-refractivity contribution >= 4 is 24.0 Å². The Balaban J connectivity index is 0.00000128. The summed E-state index contributed by atoms with van der Waals surface area (Å²) in [5.41, 5.74) is 1.21. The zero-order chi connectivity index (χ0) is 10.7. The van der Waals surface area contributed by atoms with Crippen LogP contribution in [0.1, 0.15) is 31.7 Å². The zero-order valence-corrected chi connectivity index (χ0v) is 11.2. The standard InChI is InChI=1S/C13H18ClN.ClH/c1-2-5-10-8-13(10)15-9-11-6-3-4-7-12(11)14;/h3-4,6-7,10,13,15H,2,5,8-9H2,1H3;1H. The van der Waals surface area contributed by atoms with Crippen LogP contribution >= 0.6 is 24.0 Å². The van der Waals surface area contributed by atoms with E-state index in [1.807, 2.05) is 18.2 Å². The second-order valence-electron chi connectivity index (χ2n) is 4.36. The van der Waals surface area contributed by atoms with E-state index < -0.39 is 0 Å². The van der Waals surface area contributed by atoms with E-state index in [9.17, 15) is 0 Å². The SMILES string of the molecule is CCCC1CC1NCc1ccccc1Cl.Cl. The van der Waals surface area contributed by atoms with Crippen molar-refractivity contribution in [3.63, 3.8) is 0 Å². The van der Waals surface area contributed by atoms with E-state index in [-0.39, 0.29) is 12.4 Å². The van der Waals surface area contributed by atoms with Gasteiger partial charge in [-0.15, -0.1) is 12.4 Å². The monoisotopic (exact) mass is 259 g/mol. The van der Waals surface area contributed by atoms with Crippen LogP contribution in [0.3, 0.4) is 0 Å². The number of hydrogen-bond acceptors (Lipinski definition) is 1. The van der Waals surface area contributed by atoms with Gasteiger partial charge in [-0.3, -0.25) is 0 Å². The molecule has 0 spiro atoms. The zero-order valence-electron chi connectivity index (χ0n) is 9.58. The average molecular weight is 260 g/mol. The van der Waals surface area contributed by atoms with Crippen LogP contribution in [-0.4, -0.2) is 6.04 Å². The Kier molecular flexibility index (Phi) is 5.60. The lowest BCUT2D eigenvalue weighted by molar-refractivity contribution is 0.599. The highest BCUT2D eigenvalue weighted by Crippen LogP contribution is 2.34. The highest BCUT2D eigenvalue weighted by atomic mass is 35.5. The van der Waals surface area contributed by atoms with E-state index >= 15 is 0 Å². The topological polar surface area (TPSA) is 12.0 Å². The maximum Gasteiger partial charge on any atom is 0.0450 e. The van der Waals surface area contributed by atoms with Crippen molar-refractivity contribution in [1.29, 1.82) is 0 Å². The molecule has 1 nitrogen and oxygen atoms in total. The number of rotatable bonds is 5. The molecule has 1 aromatic rings. The molecule has 90 valence electrons. The van der Waals surface area contributed by atoms with Crippen LogP contribution in [0.25, 0.3) is 0 Å². The lowest BCUT2D eigenvalue weighted by Gasteiger charge is -2.05. The summed E-state index contributed by atoms with van der Waals surface area (Å²) in [6.45, 7) is 3.16. The van der Waals surface area contributed by atoms with E-state index in [4.69, 9.17) is 11.6 Å². The fraction of sp³-hybridized carbons (Fsp3) is 0.538. The summed E-state index contributed by atoms with van der Waals surface area (Å²) in [5, 5.41) is 4.44. The largest absolute Gasteiger partial charge is 0.310 e. The van der Waals surface area contributed by atoms with Crippen molar-refractivity contribution in [2.75, 3.05) is 0 Å². The predicted octanol–water partition coefficient (Wildman–Crippen LogP) is 4.04. The van der Waals surface area contributed by atoms with Crippen LogP contribution in [-0.2, 0) is 6.54 Å². The van der Waals surface area contributed by atoms with Crippen molar-refractivity contribution in [3.05, 3.63) is 34.9 Å². The molecular weight excluding hydrogens is 241 g/mol. The predicted molar refractivity (Wildman–Crippen MR) is 72.3 cm³/mol. The van der Waals surface area contributed by atoms with Crippen LogP contribution in [0.2, 0.25) is 5.02 Å². The molecule has 0 amide bonds. The summed E-state index contributed by atoms with van der Waals surface area (Å²) in [7, 11) is 0. The Hall–Kier alpha value is -0.240. The molecule has 1 saturated carbocycles. The molecule has 0 aromatic heterocycles. The third-order valence-corrected chi connectivity index (χ3v) is 3.46. The van der Waals surface area contributed by atoms with Gasteiger partial charge in [-0.25, -0.2) is 0 Å². The van der Waals surface area contributed by atoms with Gasteiger partial charge in [-0.2, -0.15) is 0 Å². The van der Waals surface area contributed by atoms with Crippen molar-refractivity contribution < 1.29 is 0 Å². The summed E-state index contributed by atoms with van der Waals surface area (Å²) >= 11 is 6.09. The first kappa shape index (κ1) is 13.8. The summed E-state index contributed by atoms with van der Waals surface area (Å²) in [6, 6.07) is 8.80. The molecule has 1 aromatic carbocycles. The van der Waals surface area contributed by atoms with Gasteiger partial charge >= 0.3 is 0 Å². The number of hydrogen-bond donors (Lipinski definition) is 1. The van der Waals surface area contributed by atoms with E-state index in [1.54, 1.807) is 0 Å². The molecule has 0 radical (unpaired) electrons. The Bertz CT molecular complexity index is 327. The molecule has 2 unspecified atom stereocenters. The molecule has 3 heteroatoms.